The molecule has 0 aromatic carbocycles. The van der Waals surface area contributed by atoms with Crippen molar-refractivity contribution < 1.29 is 9.59 Å². The van der Waals surface area contributed by atoms with Crippen LogP contribution < -0.4 is 5.73 Å². The number of aldehydes is 1. The van der Waals surface area contributed by atoms with Crippen molar-refractivity contribution >= 4 is 12.2 Å². The topological polar surface area (TPSA) is 78.0 Å². The van der Waals surface area contributed by atoms with Gasteiger partial charge in [-0.2, -0.15) is 0 Å². The number of nitrogens with two attached hydrogens (primary N) is 1. The lowest BCUT2D eigenvalue weighted by molar-refractivity contribution is -0.121. The van der Waals surface area contributed by atoms with Gasteiger partial charge in [0.05, 0.1) is 12.2 Å². The van der Waals surface area contributed by atoms with Gasteiger partial charge in [0.2, 0.25) is 5.91 Å². The smallest absolute Gasteiger partial charge is 0.222 e. The number of carbonyl (C=O) groups excluding carboxylic acids is 2. The van der Waals surface area contributed by atoms with Gasteiger partial charge in [-0.1, -0.05) is 6.92 Å². The Morgan fingerprint density at radius 2 is 2.54 bits per heavy atom. The Bertz CT molecular complexity index is 319. The van der Waals surface area contributed by atoms with Crippen LogP contribution in [0.25, 0.3) is 0 Å². The molecule has 2 N–H and O–H groups in total. The molecule has 1 unspecified atom stereocenters. The monoisotopic (exact) mass is 181 g/mol. The molecule has 5 heteroatoms. The third-order valence-corrected chi connectivity index (χ3v) is 1.74. The van der Waals surface area contributed by atoms with Crippen molar-refractivity contribution in [2.75, 3.05) is 0 Å². The van der Waals surface area contributed by atoms with E-state index in [1.54, 1.807) is 17.7 Å². The minimum atomic E-state index is -0.360. The Kier molecular flexibility index (Phi) is 2.79. The van der Waals surface area contributed by atoms with E-state index in [1.165, 1.54) is 6.33 Å². The molecule has 0 radical (unpaired) electrons. The maximum Gasteiger partial charge on any atom is 0.222 e. The molecule has 1 aromatic rings. The predicted octanol–water partition coefficient (Wildman–Crippen LogP) is -0.183. The summed E-state index contributed by atoms with van der Waals surface area (Å²) in [6, 6.07) is 0. The van der Waals surface area contributed by atoms with Gasteiger partial charge in [-0.15, -0.1) is 0 Å². The van der Waals surface area contributed by atoms with Gasteiger partial charge >= 0.3 is 0 Å². The van der Waals surface area contributed by atoms with Crippen molar-refractivity contribution in [3.8, 4) is 0 Å². The fraction of sp³-hybridized carbons (Fsp3) is 0.375. The molecular weight excluding hydrogens is 170 g/mol. The standard InChI is InChI=1S/C8H11N3O2/c1-6(8(9)13)2-11-3-7(4-12)10-5-11/h3-6H,2H2,1H3,(H2,9,13). The molecular formula is C8H11N3O2. The van der Waals surface area contributed by atoms with E-state index in [0.717, 1.165) is 0 Å². The van der Waals surface area contributed by atoms with Crippen molar-refractivity contribution in [2.24, 2.45) is 11.7 Å². The molecule has 5 nitrogen and oxygen atoms in total. The zero-order chi connectivity index (χ0) is 9.84. The number of amides is 1. The summed E-state index contributed by atoms with van der Waals surface area (Å²) < 4.78 is 1.67. The first kappa shape index (κ1) is 9.44. The van der Waals surface area contributed by atoms with Gasteiger partial charge in [0, 0.05) is 12.7 Å². The first-order valence-corrected chi connectivity index (χ1v) is 3.89. The molecule has 0 fully saturated rings. The first-order chi connectivity index (χ1) is 6.13. The predicted molar refractivity (Wildman–Crippen MR) is 46.0 cm³/mol. The molecule has 0 bridgehead atoms. The van der Waals surface area contributed by atoms with Gasteiger partial charge in [-0.3, -0.25) is 9.59 Å². The number of rotatable bonds is 4. The highest BCUT2D eigenvalue weighted by Crippen LogP contribution is 2.00. The summed E-state index contributed by atoms with van der Waals surface area (Å²) in [7, 11) is 0. The molecule has 0 aliphatic carbocycles. The number of hydrogen-bond acceptors (Lipinski definition) is 3. The fourth-order valence-corrected chi connectivity index (χ4v) is 0.944. The average molecular weight is 181 g/mol. The van der Waals surface area contributed by atoms with Gasteiger partial charge in [-0.25, -0.2) is 4.98 Å². The van der Waals surface area contributed by atoms with E-state index in [0.29, 0.717) is 18.5 Å². The first-order valence-electron chi connectivity index (χ1n) is 3.89. The van der Waals surface area contributed by atoms with Crippen LogP contribution in [0.15, 0.2) is 12.5 Å². The van der Waals surface area contributed by atoms with Crippen molar-refractivity contribution in [3.63, 3.8) is 0 Å². The van der Waals surface area contributed by atoms with Crippen LogP contribution in [0.4, 0.5) is 0 Å². The van der Waals surface area contributed by atoms with Gasteiger partial charge in [-0.05, 0) is 0 Å². The molecule has 1 amide bonds. The Morgan fingerprint density at radius 1 is 1.85 bits per heavy atom. The van der Waals surface area contributed by atoms with Crippen LogP contribution in [0, 0.1) is 5.92 Å². The maximum absolute atomic E-state index is 10.7. The quantitative estimate of drug-likeness (QED) is 0.654. The Labute approximate surface area is 75.6 Å². The van der Waals surface area contributed by atoms with Crippen LogP contribution in [-0.2, 0) is 11.3 Å². The molecule has 0 aliphatic heterocycles. The number of nitrogens with zero attached hydrogens (tertiary/aromatic N) is 2. The average Bonchev–Trinajstić information content (AvgIpc) is 2.52. The summed E-state index contributed by atoms with van der Waals surface area (Å²) in [6.45, 7) is 2.18. The van der Waals surface area contributed by atoms with Crippen molar-refractivity contribution in [1.82, 2.24) is 9.55 Å². The third kappa shape index (κ3) is 2.40. The van der Waals surface area contributed by atoms with Crippen LogP contribution in [-0.4, -0.2) is 21.7 Å². The van der Waals surface area contributed by atoms with E-state index < -0.39 is 0 Å². The summed E-state index contributed by atoms with van der Waals surface area (Å²) in [6.07, 6.45) is 3.74. The molecule has 0 saturated heterocycles. The molecule has 0 aliphatic rings. The third-order valence-electron chi connectivity index (χ3n) is 1.74. The normalized spacial score (nSPS) is 12.4. The van der Waals surface area contributed by atoms with E-state index in [2.05, 4.69) is 4.98 Å². The van der Waals surface area contributed by atoms with Crippen LogP contribution in [0.5, 0.6) is 0 Å². The summed E-state index contributed by atoms with van der Waals surface area (Å²) in [4.78, 5) is 24.8. The molecule has 1 atom stereocenters. The molecule has 0 saturated carbocycles. The number of aromatic nitrogens is 2. The Morgan fingerprint density at radius 3 is 3.00 bits per heavy atom. The van der Waals surface area contributed by atoms with E-state index in [4.69, 9.17) is 5.73 Å². The lowest BCUT2D eigenvalue weighted by atomic mass is 10.2. The lowest BCUT2D eigenvalue weighted by Crippen LogP contribution is -2.24. The minimum Gasteiger partial charge on any atom is -0.369 e. The number of carbonyl (C=O) groups is 2. The van der Waals surface area contributed by atoms with E-state index in [-0.39, 0.29) is 11.8 Å². The summed E-state index contributed by atoms with van der Waals surface area (Å²) in [5, 5.41) is 0. The largest absolute Gasteiger partial charge is 0.369 e. The van der Waals surface area contributed by atoms with E-state index >= 15 is 0 Å². The SMILES string of the molecule is CC(Cn1cnc(C=O)c1)C(N)=O. The zero-order valence-corrected chi connectivity index (χ0v) is 7.30. The number of imidazole rings is 1. The maximum atomic E-state index is 10.7. The number of hydrogen-bond donors (Lipinski definition) is 1. The molecule has 70 valence electrons. The van der Waals surface area contributed by atoms with E-state index in [1.807, 2.05) is 0 Å². The Balaban J connectivity index is 2.63. The highest BCUT2D eigenvalue weighted by atomic mass is 16.1. The van der Waals surface area contributed by atoms with Crippen LogP contribution in [0.1, 0.15) is 17.4 Å². The molecule has 0 spiro atoms. The molecule has 1 rings (SSSR count). The minimum absolute atomic E-state index is 0.256. The summed E-state index contributed by atoms with van der Waals surface area (Å²) in [5.41, 5.74) is 5.44. The second kappa shape index (κ2) is 3.84. The molecule has 13 heavy (non-hydrogen) atoms. The molecule has 1 aromatic heterocycles. The van der Waals surface area contributed by atoms with Gasteiger partial charge < -0.3 is 10.3 Å². The summed E-state index contributed by atoms with van der Waals surface area (Å²) in [5.74, 6) is -0.616. The summed E-state index contributed by atoms with van der Waals surface area (Å²) >= 11 is 0. The van der Waals surface area contributed by atoms with Gasteiger partial charge in [0.1, 0.15) is 5.69 Å². The van der Waals surface area contributed by atoms with Crippen molar-refractivity contribution in [3.05, 3.63) is 18.2 Å². The lowest BCUT2D eigenvalue weighted by Gasteiger charge is -2.06. The molecule has 1 heterocycles. The number of primary amides is 1. The highest BCUT2D eigenvalue weighted by Gasteiger charge is 2.09. The van der Waals surface area contributed by atoms with Crippen LogP contribution in [0.3, 0.4) is 0 Å². The van der Waals surface area contributed by atoms with Crippen LogP contribution in [0.2, 0.25) is 0 Å². The van der Waals surface area contributed by atoms with Crippen molar-refractivity contribution in [2.45, 2.75) is 13.5 Å². The van der Waals surface area contributed by atoms with Gasteiger partial charge in [0.15, 0.2) is 6.29 Å². The van der Waals surface area contributed by atoms with E-state index in [9.17, 15) is 9.59 Å². The second-order valence-electron chi connectivity index (χ2n) is 2.92. The fourth-order valence-electron chi connectivity index (χ4n) is 0.944. The van der Waals surface area contributed by atoms with Crippen molar-refractivity contribution in [1.29, 1.82) is 0 Å². The Hall–Kier alpha value is -1.65. The second-order valence-corrected chi connectivity index (χ2v) is 2.92. The van der Waals surface area contributed by atoms with Gasteiger partial charge in [0.25, 0.3) is 0 Å². The zero-order valence-electron chi connectivity index (χ0n) is 7.30. The highest BCUT2D eigenvalue weighted by molar-refractivity contribution is 5.76. The van der Waals surface area contributed by atoms with Crippen LogP contribution >= 0.6 is 0 Å².